The van der Waals surface area contributed by atoms with E-state index in [1.807, 2.05) is 0 Å². The summed E-state index contributed by atoms with van der Waals surface area (Å²) in [6.07, 6.45) is -36.8. The van der Waals surface area contributed by atoms with E-state index in [1.165, 1.54) is 0 Å². The highest BCUT2D eigenvalue weighted by molar-refractivity contribution is 7.86. The molecule has 0 aromatic carbocycles. The normalized spacial score (nSPS) is 23.1. The van der Waals surface area contributed by atoms with Gasteiger partial charge in [-0.3, -0.25) is 4.55 Å². The monoisotopic (exact) mass is 437 g/mol. The summed E-state index contributed by atoms with van der Waals surface area (Å²) in [5.74, 6) is 0. The van der Waals surface area contributed by atoms with Crippen molar-refractivity contribution in [3.05, 3.63) is 0 Å². The molecule has 160 valence electrons. The number of halogens is 11. The van der Waals surface area contributed by atoms with Crippen LogP contribution >= 0.6 is 0 Å². The van der Waals surface area contributed by atoms with Gasteiger partial charge in [-0.2, -0.15) is 8.42 Å². The summed E-state index contributed by atoms with van der Waals surface area (Å²) in [6, 6.07) is 0. The Morgan fingerprint density at radius 3 is 0.962 bits per heavy atom. The Bertz CT molecular complexity index is 512. The third kappa shape index (κ3) is 6.68. The predicted molar refractivity (Wildman–Crippen MR) is 66.6 cm³/mol. The van der Waals surface area contributed by atoms with Gasteiger partial charge in [0.15, 0.2) is 49.4 Å². The maximum Gasteiger partial charge on any atom is 0.300 e. The van der Waals surface area contributed by atoms with Gasteiger partial charge in [0.05, 0.1) is 0 Å². The fraction of sp³-hybridized carbons (Fsp3) is 1.00. The third-order valence-electron chi connectivity index (χ3n) is 2.91. The Balaban J connectivity index is 0. The Labute approximate surface area is 140 Å². The van der Waals surface area contributed by atoms with E-state index >= 15 is 0 Å². The average Bonchev–Trinajstić information content (AvgIpc) is 2.54. The summed E-state index contributed by atoms with van der Waals surface area (Å²) in [7, 11) is -5.91. The van der Waals surface area contributed by atoms with E-state index in [1.54, 1.807) is 0 Å². The molecular weight excluding hydrogens is 423 g/mol. The first-order chi connectivity index (χ1) is 11.1. The molecule has 0 aliphatic rings. The molecule has 0 bridgehead atoms. The van der Waals surface area contributed by atoms with Gasteiger partial charge < -0.3 is 6.15 Å². The van der Waals surface area contributed by atoms with Crippen molar-refractivity contribution in [3.8, 4) is 0 Å². The SMILES string of the molecule is N.O=S(=O)(O)C(F)C(F)C(F)C(F)C(F)C(F)C(F)C(F)C(F)C(F)F. The molecular formula is C10H14F11NO3S. The summed E-state index contributed by atoms with van der Waals surface area (Å²) >= 11 is 0. The zero-order valence-electron chi connectivity index (χ0n) is 12.3. The van der Waals surface area contributed by atoms with Crippen LogP contribution in [0, 0.1) is 0 Å². The summed E-state index contributed by atoms with van der Waals surface area (Å²) in [4.78, 5) is 0. The van der Waals surface area contributed by atoms with E-state index in [4.69, 9.17) is 4.55 Å². The van der Waals surface area contributed by atoms with Crippen LogP contribution in [0.15, 0.2) is 0 Å². The van der Waals surface area contributed by atoms with Gasteiger partial charge in [-0.15, -0.1) is 0 Å². The number of hydrogen-bond acceptors (Lipinski definition) is 3. The molecule has 0 saturated heterocycles. The Kier molecular flexibility index (Phi) is 11.0. The van der Waals surface area contributed by atoms with Crippen LogP contribution in [-0.4, -0.2) is 74.3 Å². The summed E-state index contributed by atoms with van der Waals surface area (Å²) in [5, 5.41) is 0. The topological polar surface area (TPSA) is 89.4 Å². The van der Waals surface area contributed by atoms with Gasteiger partial charge in [0, 0.05) is 0 Å². The molecule has 26 heavy (non-hydrogen) atoms. The van der Waals surface area contributed by atoms with Crippen LogP contribution in [0.5, 0.6) is 0 Å². The van der Waals surface area contributed by atoms with Crippen LogP contribution in [-0.2, 0) is 10.1 Å². The lowest BCUT2D eigenvalue weighted by Crippen LogP contribution is -2.49. The fourth-order valence-electron chi connectivity index (χ4n) is 1.50. The van der Waals surface area contributed by atoms with Crippen LogP contribution in [0.1, 0.15) is 0 Å². The largest absolute Gasteiger partial charge is 0.344 e. The van der Waals surface area contributed by atoms with Crippen molar-refractivity contribution in [2.75, 3.05) is 0 Å². The molecule has 0 aliphatic carbocycles. The first-order valence-corrected chi connectivity index (χ1v) is 7.66. The van der Waals surface area contributed by atoms with Crippen molar-refractivity contribution in [1.82, 2.24) is 6.15 Å². The maximum atomic E-state index is 13.2. The van der Waals surface area contributed by atoms with E-state index in [9.17, 15) is 56.7 Å². The summed E-state index contributed by atoms with van der Waals surface area (Å²) < 4.78 is 169. The van der Waals surface area contributed by atoms with Crippen molar-refractivity contribution in [2.24, 2.45) is 0 Å². The smallest absolute Gasteiger partial charge is 0.300 e. The lowest BCUT2D eigenvalue weighted by molar-refractivity contribution is -0.0715. The van der Waals surface area contributed by atoms with E-state index in [0.717, 1.165) is 0 Å². The van der Waals surface area contributed by atoms with Gasteiger partial charge >= 0.3 is 10.1 Å². The molecule has 0 fully saturated rings. The molecule has 4 nitrogen and oxygen atoms in total. The molecule has 9 atom stereocenters. The molecule has 0 saturated carbocycles. The van der Waals surface area contributed by atoms with E-state index in [0.29, 0.717) is 0 Å². The summed E-state index contributed by atoms with van der Waals surface area (Å²) in [6.45, 7) is 0. The molecule has 0 aromatic rings. The second-order valence-electron chi connectivity index (χ2n) is 4.76. The molecule has 0 spiro atoms. The zero-order valence-corrected chi connectivity index (χ0v) is 13.1. The van der Waals surface area contributed by atoms with Crippen molar-refractivity contribution >= 4 is 10.1 Å². The molecule has 0 aliphatic heterocycles. The van der Waals surface area contributed by atoms with Crippen LogP contribution in [0.2, 0.25) is 0 Å². The molecule has 0 amide bonds. The molecule has 0 heterocycles. The van der Waals surface area contributed by atoms with Gasteiger partial charge in [0.1, 0.15) is 0 Å². The first kappa shape index (κ1) is 27.3. The Morgan fingerprint density at radius 1 is 0.500 bits per heavy atom. The maximum absolute atomic E-state index is 13.2. The van der Waals surface area contributed by atoms with E-state index < -0.39 is 71.4 Å². The Morgan fingerprint density at radius 2 is 0.731 bits per heavy atom. The minimum atomic E-state index is -5.91. The van der Waals surface area contributed by atoms with Gasteiger partial charge in [0.25, 0.3) is 11.9 Å². The lowest BCUT2D eigenvalue weighted by Gasteiger charge is -2.26. The predicted octanol–water partition coefficient (Wildman–Crippen LogP) is 3.30. The molecule has 4 N–H and O–H groups in total. The standard InChI is InChI=1S/C10H11F11O3S.H3N/c11-1(3(13)5(15)7(17)9(19)20)2(12)4(14)6(16)8(18)10(21)25(22,23)24;/h1-10H,(H,22,23,24);1H3. The Hall–Kier alpha value is -0.900. The number of rotatable bonds is 10. The second kappa shape index (κ2) is 10.4. The highest BCUT2D eigenvalue weighted by Crippen LogP contribution is 2.30. The third-order valence-corrected chi connectivity index (χ3v) is 3.73. The first-order valence-electron chi connectivity index (χ1n) is 6.15. The molecule has 0 rings (SSSR count). The number of alkyl halides is 11. The molecule has 0 aromatic heterocycles. The minimum absolute atomic E-state index is 0. The van der Waals surface area contributed by atoms with Crippen LogP contribution in [0.25, 0.3) is 0 Å². The van der Waals surface area contributed by atoms with Crippen LogP contribution in [0.3, 0.4) is 0 Å². The van der Waals surface area contributed by atoms with E-state index in [-0.39, 0.29) is 6.15 Å². The zero-order chi connectivity index (χ0) is 20.3. The molecule has 9 unspecified atom stereocenters. The summed E-state index contributed by atoms with van der Waals surface area (Å²) in [5.41, 5.74) is -4.12. The van der Waals surface area contributed by atoms with Gasteiger partial charge in [-0.05, 0) is 0 Å². The van der Waals surface area contributed by atoms with Gasteiger partial charge in [-0.1, -0.05) is 0 Å². The van der Waals surface area contributed by atoms with Crippen LogP contribution in [0.4, 0.5) is 48.3 Å². The van der Waals surface area contributed by atoms with Crippen molar-refractivity contribution in [1.29, 1.82) is 0 Å². The fourth-order valence-corrected chi connectivity index (χ4v) is 1.98. The lowest BCUT2D eigenvalue weighted by atomic mass is 9.98. The average molecular weight is 437 g/mol. The molecule has 16 heteroatoms. The quantitative estimate of drug-likeness (QED) is 0.406. The highest BCUT2D eigenvalue weighted by Gasteiger charge is 2.51. The van der Waals surface area contributed by atoms with Crippen molar-refractivity contribution in [3.63, 3.8) is 0 Å². The van der Waals surface area contributed by atoms with Crippen molar-refractivity contribution < 1.29 is 61.3 Å². The van der Waals surface area contributed by atoms with E-state index in [2.05, 4.69) is 0 Å². The van der Waals surface area contributed by atoms with Crippen molar-refractivity contribution in [2.45, 2.75) is 61.3 Å². The molecule has 0 radical (unpaired) electrons. The second-order valence-corrected chi connectivity index (χ2v) is 6.24. The number of hydrogen-bond donors (Lipinski definition) is 2. The highest BCUT2D eigenvalue weighted by atomic mass is 32.2. The van der Waals surface area contributed by atoms with Gasteiger partial charge in [0.2, 0.25) is 0 Å². The minimum Gasteiger partial charge on any atom is -0.344 e. The van der Waals surface area contributed by atoms with Gasteiger partial charge in [-0.25, -0.2) is 48.3 Å². The van der Waals surface area contributed by atoms with Crippen LogP contribution < -0.4 is 6.15 Å².